The van der Waals surface area contributed by atoms with Gasteiger partial charge in [0.1, 0.15) is 0 Å². The Balaban J connectivity index is 1.50. The van der Waals surface area contributed by atoms with Crippen molar-refractivity contribution in [2.24, 2.45) is 9.98 Å². The van der Waals surface area contributed by atoms with E-state index in [1.54, 1.807) is 0 Å². The predicted molar refractivity (Wildman–Crippen MR) is 162 cm³/mol. The highest BCUT2D eigenvalue weighted by Gasteiger charge is 2.41. The van der Waals surface area contributed by atoms with Gasteiger partial charge >= 0.3 is 0 Å². The van der Waals surface area contributed by atoms with Crippen LogP contribution >= 0.6 is 15.9 Å². The number of aromatic nitrogens is 2. The van der Waals surface area contributed by atoms with Gasteiger partial charge in [0.2, 0.25) is 0 Å². The Bertz CT molecular complexity index is 1770. The highest BCUT2D eigenvalue weighted by atomic mass is 79.9. The first-order chi connectivity index (χ1) is 19.1. The SMILES string of the molecule is Cc1ccc(NC2=Nc3ccccc3N3C2=Nc2c(c(C)nn2-c2ccccc2)C3c2cccc(Br)c2)cc1. The number of rotatable bonds is 3. The van der Waals surface area contributed by atoms with E-state index >= 15 is 0 Å². The van der Waals surface area contributed by atoms with Crippen LogP contribution in [-0.2, 0) is 0 Å². The second-order valence-electron chi connectivity index (χ2n) is 9.77. The van der Waals surface area contributed by atoms with Crippen LogP contribution in [0, 0.1) is 13.8 Å². The van der Waals surface area contributed by atoms with E-state index in [-0.39, 0.29) is 6.04 Å². The minimum atomic E-state index is -0.158. The van der Waals surface area contributed by atoms with Crippen LogP contribution in [0.25, 0.3) is 5.69 Å². The minimum Gasteiger partial charge on any atom is -0.337 e. The lowest BCUT2D eigenvalue weighted by Gasteiger charge is -2.40. The number of fused-ring (bicyclic) bond motifs is 4. The third-order valence-corrected chi connectivity index (χ3v) is 7.61. The monoisotopic (exact) mass is 572 g/mol. The second-order valence-corrected chi connectivity index (χ2v) is 10.7. The summed E-state index contributed by atoms with van der Waals surface area (Å²) < 4.78 is 2.97. The Kier molecular flexibility index (Phi) is 5.67. The molecule has 2 aliphatic rings. The van der Waals surface area contributed by atoms with Crippen LogP contribution in [0.3, 0.4) is 0 Å². The molecule has 0 saturated carbocycles. The van der Waals surface area contributed by atoms with Crippen molar-refractivity contribution < 1.29 is 0 Å². The first-order valence-corrected chi connectivity index (χ1v) is 13.7. The number of hydrogen-bond acceptors (Lipinski definition) is 5. The smallest absolute Gasteiger partial charge is 0.179 e. The summed E-state index contributed by atoms with van der Waals surface area (Å²) in [6, 6.07) is 35.1. The molecule has 7 heteroatoms. The van der Waals surface area contributed by atoms with E-state index in [0.29, 0.717) is 5.84 Å². The van der Waals surface area contributed by atoms with Crippen molar-refractivity contribution >= 4 is 50.5 Å². The number of anilines is 2. The molecule has 0 radical (unpaired) electrons. The van der Waals surface area contributed by atoms with Crippen LogP contribution in [-0.4, -0.2) is 21.5 Å². The molecule has 0 aliphatic carbocycles. The zero-order valence-electron chi connectivity index (χ0n) is 21.5. The molecule has 7 rings (SSSR count). The van der Waals surface area contributed by atoms with Gasteiger partial charge in [-0.05, 0) is 67.9 Å². The van der Waals surface area contributed by atoms with Crippen molar-refractivity contribution in [1.82, 2.24) is 9.78 Å². The topological polar surface area (TPSA) is 57.8 Å². The Labute approximate surface area is 235 Å². The molecule has 1 atom stereocenters. The molecule has 4 aromatic carbocycles. The molecule has 2 aliphatic heterocycles. The highest BCUT2D eigenvalue weighted by Crippen LogP contribution is 2.48. The van der Waals surface area contributed by atoms with Gasteiger partial charge in [-0.3, -0.25) is 0 Å². The fourth-order valence-electron chi connectivity index (χ4n) is 5.31. The lowest BCUT2D eigenvalue weighted by molar-refractivity contribution is 0.815. The maximum Gasteiger partial charge on any atom is 0.179 e. The predicted octanol–water partition coefficient (Wildman–Crippen LogP) is 8.05. The van der Waals surface area contributed by atoms with Gasteiger partial charge in [0.05, 0.1) is 28.8 Å². The van der Waals surface area contributed by atoms with E-state index in [9.17, 15) is 0 Å². The van der Waals surface area contributed by atoms with E-state index in [4.69, 9.17) is 15.1 Å². The van der Waals surface area contributed by atoms with E-state index in [0.717, 1.165) is 55.7 Å². The fourth-order valence-corrected chi connectivity index (χ4v) is 5.73. The van der Waals surface area contributed by atoms with Crippen LogP contribution in [0.5, 0.6) is 0 Å². The Morgan fingerprint density at radius 1 is 0.795 bits per heavy atom. The van der Waals surface area contributed by atoms with Gasteiger partial charge < -0.3 is 10.2 Å². The Morgan fingerprint density at radius 3 is 2.36 bits per heavy atom. The quantitative estimate of drug-likeness (QED) is 0.238. The van der Waals surface area contributed by atoms with Gasteiger partial charge in [-0.1, -0.05) is 76.1 Å². The molecule has 5 aromatic rings. The fraction of sp³-hybridized carbons (Fsp3) is 0.0938. The maximum absolute atomic E-state index is 5.29. The number of nitrogens with zero attached hydrogens (tertiary/aromatic N) is 5. The first kappa shape index (κ1) is 23.6. The summed E-state index contributed by atoms with van der Waals surface area (Å²) in [5.41, 5.74) is 8.18. The standard InChI is InChI=1S/C32H25BrN6/c1-20-15-17-24(18-16-20)34-30-32-36-31-28(21(2)37-39(31)25-11-4-3-5-12-25)29(22-9-8-10-23(33)19-22)38(32)27-14-7-6-13-26(27)35-30/h3-19,29H,1-2H3,(H,34,35). The second kappa shape index (κ2) is 9.36. The average Bonchev–Trinajstić information content (AvgIpc) is 3.29. The van der Waals surface area contributed by atoms with Crippen LogP contribution in [0.1, 0.15) is 28.4 Å². The van der Waals surface area contributed by atoms with E-state index in [2.05, 4.69) is 119 Å². The summed E-state index contributed by atoms with van der Waals surface area (Å²) >= 11 is 3.71. The molecule has 0 amide bonds. The van der Waals surface area contributed by atoms with Crippen LogP contribution in [0.2, 0.25) is 0 Å². The maximum atomic E-state index is 5.29. The average molecular weight is 573 g/mol. The molecule has 0 saturated heterocycles. The molecule has 0 bridgehead atoms. The van der Waals surface area contributed by atoms with Crippen molar-refractivity contribution in [3.8, 4) is 5.69 Å². The summed E-state index contributed by atoms with van der Waals surface area (Å²) in [5.74, 6) is 2.26. The number of aryl methyl sites for hydroxylation is 2. The lowest BCUT2D eigenvalue weighted by Crippen LogP contribution is -2.46. The summed E-state index contributed by atoms with van der Waals surface area (Å²) in [6.07, 6.45) is 0. The highest BCUT2D eigenvalue weighted by molar-refractivity contribution is 9.10. The van der Waals surface area contributed by atoms with Crippen molar-refractivity contribution in [3.05, 3.63) is 130 Å². The number of aliphatic imine (C=N–C) groups is 2. The molecule has 1 aromatic heterocycles. The van der Waals surface area contributed by atoms with E-state index < -0.39 is 0 Å². The number of para-hydroxylation sites is 3. The molecule has 1 N–H and O–H groups in total. The zero-order chi connectivity index (χ0) is 26.5. The number of hydrogen-bond donors (Lipinski definition) is 1. The molecule has 0 fully saturated rings. The number of benzene rings is 4. The molecular weight excluding hydrogens is 548 g/mol. The minimum absolute atomic E-state index is 0.158. The normalized spacial score (nSPS) is 15.6. The van der Waals surface area contributed by atoms with Crippen molar-refractivity contribution in [2.45, 2.75) is 19.9 Å². The van der Waals surface area contributed by atoms with E-state index in [1.807, 2.05) is 28.9 Å². The van der Waals surface area contributed by atoms with Gasteiger partial charge in [0.15, 0.2) is 17.5 Å². The molecule has 0 spiro atoms. The summed E-state index contributed by atoms with van der Waals surface area (Å²) in [6.45, 7) is 4.15. The van der Waals surface area contributed by atoms with Crippen LogP contribution in [0.15, 0.2) is 118 Å². The van der Waals surface area contributed by atoms with Gasteiger partial charge in [-0.15, -0.1) is 0 Å². The first-order valence-electron chi connectivity index (χ1n) is 12.9. The van der Waals surface area contributed by atoms with Crippen molar-refractivity contribution in [1.29, 1.82) is 0 Å². The Hall–Kier alpha value is -4.49. The third-order valence-electron chi connectivity index (χ3n) is 7.12. The molecule has 190 valence electrons. The van der Waals surface area contributed by atoms with Crippen molar-refractivity contribution in [2.75, 3.05) is 10.2 Å². The van der Waals surface area contributed by atoms with Crippen LogP contribution < -0.4 is 10.2 Å². The van der Waals surface area contributed by atoms with Crippen molar-refractivity contribution in [3.63, 3.8) is 0 Å². The molecule has 1 unspecified atom stereocenters. The zero-order valence-corrected chi connectivity index (χ0v) is 23.1. The lowest BCUT2D eigenvalue weighted by atomic mass is 9.93. The number of amidine groups is 2. The largest absolute Gasteiger partial charge is 0.337 e. The molecule has 3 heterocycles. The summed E-state index contributed by atoms with van der Waals surface area (Å²) in [5, 5.41) is 8.57. The Morgan fingerprint density at radius 2 is 1.56 bits per heavy atom. The van der Waals surface area contributed by atoms with Crippen LogP contribution in [0.4, 0.5) is 22.9 Å². The summed E-state index contributed by atoms with van der Waals surface area (Å²) in [4.78, 5) is 12.7. The van der Waals surface area contributed by atoms with E-state index in [1.165, 1.54) is 5.56 Å². The number of nitrogens with one attached hydrogen (secondary N) is 1. The van der Waals surface area contributed by atoms with Gasteiger partial charge in [-0.25, -0.2) is 14.7 Å². The molecule has 6 nitrogen and oxygen atoms in total. The molecular formula is C32H25BrN6. The number of halogens is 1. The molecule has 39 heavy (non-hydrogen) atoms. The summed E-state index contributed by atoms with van der Waals surface area (Å²) in [7, 11) is 0. The van der Waals surface area contributed by atoms with Gasteiger partial charge in [0.25, 0.3) is 0 Å². The van der Waals surface area contributed by atoms with Gasteiger partial charge in [-0.2, -0.15) is 5.10 Å². The van der Waals surface area contributed by atoms with Gasteiger partial charge in [0, 0.05) is 15.7 Å². The third kappa shape index (κ3) is 4.06.